The number of carbonyl (C=O) groups excluding carboxylic acids is 1. The summed E-state index contributed by atoms with van der Waals surface area (Å²) < 4.78 is 0. The highest BCUT2D eigenvalue weighted by Crippen LogP contribution is 2.23. The molecule has 0 bridgehead atoms. The maximum atomic E-state index is 11.6. The molecule has 1 rings (SSSR count). The average Bonchev–Trinajstić information content (AvgIpc) is 2.28. The first-order valence-corrected chi connectivity index (χ1v) is 6.39. The quantitative estimate of drug-likeness (QED) is 0.585. The van der Waals surface area contributed by atoms with Crippen LogP contribution in [0.15, 0.2) is 36.5 Å². The van der Waals surface area contributed by atoms with Crippen LogP contribution in [0.1, 0.15) is 39.5 Å². The molecule has 0 aliphatic heterocycles. The van der Waals surface area contributed by atoms with Crippen LogP contribution in [0, 0.1) is 5.92 Å². The molecule has 2 unspecified atom stereocenters. The molecule has 1 aliphatic carbocycles. The lowest BCUT2D eigenvalue weighted by molar-refractivity contribution is -0.117. The highest BCUT2D eigenvalue weighted by atomic mass is 16.1. The summed E-state index contributed by atoms with van der Waals surface area (Å²) in [7, 11) is 0. The number of amides is 1. The van der Waals surface area contributed by atoms with Gasteiger partial charge in [0.2, 0.25) is 5.91 Å². The van der Waals surface area contributed by atoms with Crippen LogP contribution < -0.4 is 5.32 Å². The minimum atomic E-state index is 0.0113. The van der Waals surface area contributed by atoms with Crippen molar-refractivity contribution >= 4 is 5.91 Å². The number of allylic oxidation sites excluding steroid dienone is 4. The monoisotopic (exact) mass is 233 g/mol. The fourth-order valence-corrected chi connectivity index (χ4v) is 2.17. The summed E-state index contributed by atoms with van der Waals surface area (Å²) in [5.74, 6) is 0.748. The van der Waals surface area contributed by atoms with Gasteiger partial charge in [0.05, 0.1) is 0 Å². The van der Waals surface area contributed by atoms with Gasteiger partial charge < -0.3 is 5.32 Å². The molecule has 2 nitrogen and oxygen atoms in total. The molecule has 94 valence electrons. The van der Waals surface area contributed by atoms with Crippen LogP contribution >= 0.6 is 0 Å². The molecule has 2 heteroatoms. The Morgan fingerprint density at radius 3 is 2.82 bits per heavy atom. The van der Waals surface area contributed by atoms with Gasteiger partial charge in [0.15, 0.2) is 0 Å². The van der Waals surface area contributed by atoms with Crippen LogP contribution in [-0.2, 0) is 4.79 Å². The van der Waals surface area contributed by atoms with E-state index in [0.29, 0.717) is 6.04 Å². The predicted molar refractivity (Wildman–Crippen MR) is 72.7 cm³/mol. The van der Waals surface area contributed by atoms with Gasteiger partial charge in [0.1, 0.15) is 0 Å². The van der Waals surface area contributed by atoms with Crippen molar-refractivity contribution in [3.05, 3.63) is 36.5 Å². The van der Waals surface area contributed by atoms with Crippen molar-refractivity contribution in [2.75, 3.05) is 0 Å². The maximum absolute atomic E-state index is 11.6. The van der Waals surface area contributed by atoms with Gasteiger partial charge >= 0.3 is 0 Å². The normalized spacial score (nSPS) is 25.9. The Labute approximate surface area is 104 Å². The molecule has 0 aromatic heterocycles. The van der Waals surface area contributed by atoms with Crippen molar-refractivity contribution in [1.29, 1.82) is 0 Å². The highest BCUT2D eigenvalue weighted by Gasteiger charge is 2.19. The summed E-state index contributed by atoms with van der Waals surface area (Å²) in [6.07, 6.45) is 11.8. The Morgan fingerprint density at radius 2 is 2.18 bits per heavy atom. The third-order valence-electron chi connectivity index (χ3n) is 3.21. The number of hydrogen-bond donors (Lipinski definition) is 1. The van der Waals surface area contributed by atoms with Crippen LogP contribution in [0.3, 0.4) is 0 Å². The molecule has 1 aliphatic rings. The fourth-order valence-electron chi connectivity index (χ4n) is 2.17. The van der Waals surface area contributed by atoms with Gasteiger partial charge in [-0.15, -0.1) is 0 Å². The first-order chi connectivity index (χ1) is 8.11. The van der Waals surface area contributed by atoms with Gasteiger partial charge in [-0.1, -0.05) is 50.1 Å². The van der Waals surface area contributed by atoms with E-state index in [1.807, 2.05) is 13.0 Å². The van der Waals surface area contributed by atoms with Gasteiger partial charge in [0.25, 0.3) is 0 Å². The molecule has 0 aromatic rings. The molecule has 0 spiro atoms. The van der Waals surface area contributed by atoms with E-state index in [1.54, 1.807) is 18.2 Å². The van der Waals surface area contributed by atoms with Gasteiger partial charge in [-0.2, -0.15) is 0 Å². The summed E-state index contributed by atoms with van der Waals surface area (Å²) in [6, 6.07) is 0.361. The lowest BCUT2D eigenvalue weighted by Crippen LogP contribution is -2.36. The van der Waals surface area contributed by atoms with E-state index >= 15 is 0 Å². The second-order valence-corrected chi connectivity index (χ2v) is 4.95. The van der Waals surface area contributed by atoms with Crippen molar-refractivity contribution in [3.8, 4) is 0 Å². The molecular formula is C15H23NO. The van der Waals surface area contributed by atoms with E-state index in [-0.39, 0.29) is 5.91 Å². The van der Waals surface area contributed by atoms with Crippen LogP contribution in [0.5, 0.6) is 0 Å². The Bertz CT molecular complexity index is 328. The van der Waals surface area contributed by atoms with Crippen LogP contribution in [0.25, 0.3) is 0 Å². The third-order valence-corrected chi connectivity index (χ3v) is 3.21. The lowest BCUT2D eigenvalue weighted by atomic mass is 9.87. The number of nitrogens with one attached hydrogen (secondary N) is 1. The number of rotatable bonds is 4. The van der Waals surface area contributed by atoms with Gasteiger partial charge in [-0.05, 0) is 25.7 Å². The van der Waals surface area contributed by atoms with Crippen LogP contribution in [0.4, 0.5) is 0 Å². The van der Waals surface area contributed by atoms with E-state index < -0.39 is 0 Å². The van der Waals surface area contributed by atoms with Crippen molar-refractivity contribution in [1.82, 2.24) is 5.32 Å². The zero-order valence-corrected chi connectivity index (χ0v) is 10.9. The minimum absolute atomic E-state index is 0.0113. The second kappa shape index (κ2) is 7.10. The van der Waals surface area contributed by atoms with E-state index in [2.05, 4.69) is 18.8 Å². The summed E-state index contributed by atoms with van der Waals surface area (Å²) in [5, 5.41) is 3.06. The Hall–Kier alpha value is -1.31. The molecule has 1 saturated carbocycles. The van der Waals surface area contributed by atoms with Crippen LogP contribution in [-0.4, -0.2) is 11.9 Å². The molecule has 1 N–H and O–H groups in total. The molecule has 1 amide bonds. The zero-order chi connectivity index (χ0) is 12.7. The topological polar surface area (TPSA) is 29.1 Å². The summed E-state index contributed by atoms with van der Waals surface area (Å²) in [5.41, 5.74) is 1.06. The SMILES string of the molecule is C=C/C(C)=C\C=C\C(=O)NC1CCCC(C)C1. The fraction of sp³-hybridized carbons (Fsp3) is 0.533. The molecule has 0 aromatic carbocycles. The van der Waals surface area contributed by atoms with Gasteiger partial charge in [0, 0.05) is 12.1 Å². The molecular weight excluding hydrogens is 210 g/mol. The van der Waals surface area contributed by atoms with Crippen molar-refractivity contribution < 1.29 is 4.79 Å². The predicted octanol–water partition coefficient (Wildman–Crippen LogP) is 3.37. The Morgan fingerprint density at radius 1 is 1.41 bits per heavy atom. The highest BCUT2D eigenvalue weighted by molar-refractivity contribution is 5.88. The number of carbonyl (C=O) groups is 1. The van der Waals surface area contributed by atoms with E-state index in [9.17, 15) is 4.79 Å². The van der Waals surface area contributed by atoms with E-state index in [1.165, 1.54) is 12.8 Å². The van der Waals surface area contributed by atoms with Crippen LogP contribution in [0.2, 0.25) is 0 Å². The summed E-state index contributed by atoms with van der Waals surface area (Å²) >= 11 is 0. The molecule has 0 radical (unpaired) electrons. The van der Waals surface area contributed by atoms with E-state index in [0.717, 1.165) is 24.3 Å². The summed E-state index contributed by atoms with van der Waals surface area (Å²) in [6.45, 7) is 7.87. The lowest BCUT2D eigenvalue weighted by Gasteiger charge is -2.26. The second-order valence-electron chi connectivity index (χ2n) is 4.95. The smallest absolute Gasteiger partial charge is 0.244 e. The first kappa shape index (κ1) is 13.8. The average molecular weight is 233 g/mol. The molecule has 17 heavy (non-hydrogen) atoms. The molecule has 0 heterocycles. The standard InChI is InChI=1S/C15H23NO/c1-4-12(2)7-6-10-15(17)16-14-9-5-8-13(3)11-14/h4,6-7,10,13-14H,1,5,8-9,11H2,2-3H3,(H,16,17)/b10-6+,12-7-. The molecule has 1 fully saturated rings. The van der Waals surface area contributed by atoms with Crippen molar-refractivity contribution in [2.45, 2.75) is 45.6 Å². The zero-order valence-electron chi connectivity index (χ0n) is 10.9. The van der Waals surface area contributed by atoms with Crippen molar-refractivity contribution in [3.63, 3.8) is 0 Å². The van der Waals surface area contributed by atoms with Gasteiger partial charge in [-0.25, -0.2) is 0 Å². The minimum Gasteiger partial charge on any atom is -0.350 e. The third kappa shape index (κ3) is 5.53. The van der Waals surface area contributed by atoms with Crippen molar-refractivity contribution in [2.24, 2.45) is 5.92 Å². The molecule has 2 atom stereocenters. The van der Waals surface area contributed by atoms with E-state index in [4.69, 9.17) is 0 Å². The maximum Gasteiger partial charge on any atom is 0.244 e. The first-order valence-electron chi connectivity index (χ1n) is 6.39. The Balaban J connectivity index is 2.36. The van der Waals surface area contributed by atoms with Gasteiger partial charge in [-0.3, -0.25) is 4.79 Å². The Kier molecular flexibility index (Phi) is 5.75. The number of hydrogen-bond acceptors (Lipinski definition) is 1. The summed E-state index contributed by atoms with van der Waals surface area (Å²) in [4.78, 5) is 11.6. The largest absolute Gasteiger partial charge is 0.350 e. The molecule has 0 saturated heterocycles.